The van der Waals surface area contributed by atoms with E-state index in [9.17, 15) is 9.18 Å². The molecule has 7 heteroatoms. The fourth-order valence-corrected chi connectivity index (χ4v) is 3.47. The van der Waals surface area contributed by atoms with Gasteiger partial charge < -0.3 is 19.1 Å². The van der Waals surface area contributed by atoms with E-state index < -0.39 is 0 Å². The number of amides is 1. The molecule has 2 heterocycles. The third-order valence-corrected chi connectivity index (χ3v) is 5.41. The Bertz CT molecular complexity index is 813. The maximum Gasteiger partial charge on any atom is 0.233 e. The van der Waals surface area contributed by atoms with Crippen LogP contribution in [0.2, 0.25) is 0 Å². The highest BCUT2D eigenvalue weighted by atomic mass is 19.1. The van der Waals surface area contributed by atoms with E-state index in [1.54, 1.807) is 12.1 Å². The SMILES string of the molecule is CCC(C)N(Cc1c(-c2ccc(F)cc2)noc1N1CCOCC1)C(=O)C(C)C. The minimum Gasteiger partial charge on any atom is -0.378 e. The number of carbonyl (C=O) groups is 1. The zero-order chi connectivity index (χ0) is 21.0. The first-order chi connectivity index (χ1) is 13.9. The number of anilines is 1. The monoisotopic (exact) mass is 403 g/mol. The number of nitrogens with zero attached hydrogens (tertiary/aromatic N) is 3. The molecule has 158 valence electrons. The van der Waals surface area contributed by atoms with Crippen molar-refractivity contribution in [2.45, 2.75) is 46.7 Å². The van der Waals surface area contributed by atoms with Gasteiger partial charge in [-0.3, -0.25) is 4.79 Å². The van der Waals surface area contributed by atoms with Crippen LogP contribution in [0, 0.1) is 11.7 Å². The van der Waals surface area contributed by atoms with Gasteiger partial charge in [-0.2, -0.15) is 0 Å². The van der Waals surface area contributed by atoms with E-state index in [-0.39, 0.29) is 23.7 Å². The summed E-state index contributed by atoms with van der Waals surface area (Å²) in [5.74, 6) is 0.351. The number of carbonyl (C=O) groups excluding carboxylic acids is 1. The summed E-state index contributed by atoms with van der Waals surface area (Å²) in [5, 5.41) is 4.32. The quantitative estimate of drug-likeness (QED) is 0.697. The molecule has 1 aromatic heterocycles. The van der Waals surface area contributed by atoms with Gasteiger partial charge in [-0.1, -0.05) is 25.9 Å². The predicted molar refractivity (Wildman–Crippen MR) is 110 cm³/mol. The van der Waals surface area contributed by atoms with Crippen LogP contribution in [-0.4, -0.2) is 48.3 Å². The summed E-state index contributed by atoms with van der Waals surface area (Å²) in [6.07, 6.45) is 0.850. The van der Waals surface area contributed by atoms with E-state index in [0.29, 0.717) is 44.4 Å². The van der Waals surface area contributed by atoms with Gasteiger partial charge in [-0.25, -0.2) is 4.39 Å². The molecule has 2 aromatic rings. The largest absolute Gasteiger partial charge is 0.378 e. The second-order valence-electron chi connectivity index (χ2n) is 7.80. The van der Waals surface area contributed by atoms with Gasteiger partial charge in [-0.05, 0) is 37.6 Å². The first kappa shape index (κ1) is 21.3. The van der Waals surface area contributed by atoms with Crippen LogP contribution in [0.25, 0.3) is 11.3 Å². The molecule has 1 fully saturated rings. The molecule has 29 heavy (non-hydrogen) atoms. The summed E-state index contributed by atoms with van der Waals surface area (Å²) in [6.45, 7) is 11.0. The van der Waals surface area contributed by atoms with E-state index in [1.807, 2.05) is 18.7 Å². The Morgan fingerprint density at radius 3 is 2.45 bits per heavy atom. The van der Waals surface area contributed by atoms with Crippen LogP contribution in [0.5, 0.6) is 0 Å². The highest BCUT2D eigenvalue weighted by Gasteiger charge is 2.29. The Balaban J connectivity index is 2.03. The average Bonchev–Trinajstić information content (AvgIpc) is 3.15. The molecule has 0 N–H and O–H groups in total. The molecule has 1 amide bonds. The normalized spacial score (nSPS) is 15.6. The Morgan fingerprint density at radius 1 is 1.21 bits per heavy atom. The van der Waals surface area contributed by atoms with Crippen molar-refractivity contribution in [1.82, 2.24) is 10.1 Å². The van der Waals surface area contributed by atoms with Gasteiger partial charge in [0.15, 0.2) is 0 Å². The van der Waals surface area contributed by atoms with Crippen LogP contribution in [0.4, 0.5) is 10.3 Å². The Labute approximate surface area is 171 Å². The van der Waals surface area contributed by atoms with E-state index >= 15 is 0 Å². The molecule has 0 saturated carbocycles. The third-order valence-electron chi connectivity index (χ3n) is 5.41. The molecule has 0 radical (unpaired) electrons. The maximum absolute atomic E-state index is 13.4. The lowest BCUT2D eigenvalue weighted by atomic mass is 10.0. The first-order valence-corrected chi connectivity index (χ1v) is 10.3. The van der Waals surface area contributed by atoms with E-state index in [2.05, 4.69) is 23.9 Å². The first-order valence-electron chi connectivity index (χ1n) is 10.3. The van der Waals surface area contributed by atoms with Gasteiger partial charge in [-0.15, -0.1) is 0 Å². The number of morpholine rings is 1. The van der Waals surface area contributed by atoms with Gasteiger partial charge in [0, 0.05) is 30.6 Å². The van der Waals surface area contributed by atoms with Crippen LogP contribution in [0.15, 0.2) is 28.8 Å². The smallest absolute Gasteiger partial charge is 0.233 e. The fourth-order valence-electron chi connectivity index (χ4n) is 3.47. The van der Waals surface area contributed by atoms with Crippen molar-refractivity contribution in [2.24, 2.45) is 5.92 Å². The molecule has 1 atom stereocenters. The molecule has 1 aromatic carbocycles. The molecule has 3 rings (SSSR count). The Kier molecular flexibility index (Phi) is 6.90. The van der Waals surface area contributed by atoms with Gasteiger partial charge in [0.2, 0.25) is 11.8 Å². The summed E-state index contributed by atoms with van der Waals surface area (Å²) >= 11 is 0. The molecule has 0 bridgehead atoms. The summed E-state index contributed by atoms with van der Waals surface area (Å²) in [4.78, 5) is 16.9. The lowest BCUT2D eigenvalue weighted by molar-refractivity contribution is -0.137. The minimum absolute atomic E-state index is 0.0819. The third kappa shape index (κ3) is 4.78. The van der Waals surface area contributed by atoms with Crippen molar-refractivity contribution in [3.8, 4) is 11.3 Å². The zero-order valence-electron chi connectivity index (χ0n) is 17.7. The molecule has 1 saturated heterocycles. The second-order valence-corrected chi connectivity index (χ2v) is 7.80. The van der Waals surface area contributed by atoms with Crippen molar-refractivity contribution < 1.29 is 18.4 Å². The van der Waals surface area contributed by atoms with Gasteiger partial charge >= 0.3 is 0 Å². The molecule has 1 aliphatic heterocycles. The summed E-state index contributed by atoms with van der Waals surface area (Å²) < 4.78 is 24.7. The molecule has 0 spiro atoms. The molecular weight excluding hydrogens is 373 g/mol. The molecular formula is C22H30FN3O3. The van der Waals surface area contributed by atoms with Crippen LogP contribution in [-0.2, 0) is 16.1 Å². The summed E-state index contributed by atoms with van der Waals surface area (Å²) in [5.41, 5.74) is 2.27. The summed E-state index contributed by atoms with van der Waals surface area (Å²) in [6, 6.07) is 6.29. The van der Waals surface area contributed by atoms with Crippen LogP contribution in [0.1, 0.15) is 39.7 Å². The number of ether oxygens (including phenoxy) is 1. The van der Waals surface area contributed by atoms with Crippen molar-refractivity contribution >= 4 is 11.8 Å². The molecule has 0 aliphatic carbocycles. The lowest BCUT2D eigenvalue weighted by Crippen LogP contribution is -2.41. The number of rotatable bonds is 7. The number of hydrogen-bond donors (Lipinski definition) is 0. The predicted octanol–water partition coefficient (Wildman–Crippen LogP) is 4.10. The van der Waals surface area contributed by atoms with Crippen molar-refractivity contribution in [2.75, 3.05) is 31.2 Å². The van der Waals surface area contributed by atoms with Crippen molar-refractivity contribution in [1.29, 1.82) is 0 Å². The lowest BCUT2D eigenvalue weighted by Gasteiger charge is -2.32. The maximum atomic E-state index is 13.4. The van der Waals surface area contributed by atoms with E-state index in [0.717, 1.165) is 17.5 Å². The zero-order valence-corrected chi connectivity index (χ0v) is 17.7. The molecule has 1 unspecified atom stereocenters. The van der Waals surface area contributed by atoms with Gasteiger partial charge in [0.25, 0.3) is 0 Å². The second kappa shape index (κ2) is 9.39. The number of aromatic nitrogens is 1. The van der Waals surface area contributed by atoms with Crippen LogP contribution in [0.3, 0.4) is 0 Å². The number of halogens is 1. The minimum atomic E-state index is -0.302. The highest BCUT2D eigenvalue weighted by Crippen LogP contribution is 2.34. The fraction of sp³-hybridized carbons (Fsp3) is 0.545. The number of hydrogen-bond acceptors (Lipinski definition) is 5. The van der Waals surface area contributed by atoms with Crippen LogP contribution < -0.4 is 4.90 Å². The van der Waals surface area contributed by atoms with Gasteiger partial charge in [0.05, 0.1) is 25.3 Å². The Hall–Kier alpha value is -2.41. The number of benzene rings is 1. The molecule has 6 nitrogen and oxygen atoms in total. The summed E-state index contributed by atoms with van der Waals surface area (Å²) in [7, 11) is 0. The van der Waals surface area contributed by atoms with E-state index in [1.165, 1.54) is 12.1 Å². The average molecular weight is 403 g/mol. The topological polar surface area (TPSA) is 58.8 Å². The molecule has 1 aliphatic rings. The van der Waals surface area contributed by atoms with Gasteiger partial charge in [0.1, 0.15) is 11.5 Å². The Morgan fingerprint density at radius 2 is 1.86 bits per heavy atom. The van der Waals surface area contributed by atoms with Crippen molar-refractivity contribution in [3.05, 3.63) is 35.6 Å². The standard InChI is InChI=1S/C22H30FN3O3/c1-5-16(4)26(21(27)15(2)3)14-19-20(17-6-8-18(23)9-7-17)24-29-22(19)25-10-12-28-13-11-25/h6-9,15-16H,5,10-14H2,1-4H3. The highest BCUT2D eigenvalue weighted by molar-refractivity contribution is 5.79. The van der Waals surface area contributed by atoms with Crippen LogP contribution >= 0.6 is 0 Å². The van der Waals surface area contributed by atoms with Crippen molar-refractivity contribution in [3.63, 3.8) is 0 Å². The van der Waals surface area contributed by atoms with E-state index in [4.69, 9.17) is 9.26 Å².